The number of fused-ring (bicyclic) bond motifs is 7. The smallest absolute Gasteiger partial charge is 0.335 e. The molecule has 3 N–H and O–H groups in total. The fourth-order valence-corrected chi connectivity index (χ4v) is 13.0. The summed E-state index contributed by atoms with van der Waals surface area (Å²) in [5.41, 5.74) is 5.00. The van der Waals surface area contributed by atoms with Crippen LogP contribution in [0.4, 0.5) is 0 Å². The van der Waals surface area contributed by atoms with Crippen molar-refractivity contribution >= 4 is 17.4 Å². The molecule has 1 amide bonds. The molecule has 0 bridgehead atoms. The van der Waals surface area contributed by atoms with Crippen LogP contribution in [0.25, 0.3) is 5.57 Å². The summed E-state index contributed by atoms with van der Waals surface area (Å²) in [4.78, 5) is 24.4. The lowest BCUT2D eigenvalue weighted by atomic mass is 9.33. The van der Waals surface area contributed by atoms with Gasteiger partial charge in [-0.3, -0.25) is 4.79 Å². The number of carboxylic acids is 1. The first-order valence-electron chi connectivity index (χ1n) is 18.2. The second kappa shape index (κ2) is 11.3. The van der Waals surface area contributed by atoms with Crippen molar-refractivity contribution < 1.29 is 14.7 Å². The van der Waals surface area contributed by atoms with Crippen molar-refractivity contribution in [1.82, 2.24) is 10.6 Å². The second-order valence-corrected chi connectivity index (χ2v) is 17.8. The number of hydrogen-bond donors (Lipinski definition) is 3. The van der Waals surface area contributed by atoms with E-state index in [2.05, 4.69) is 64.8 Å². The van der Waals surface area contributed by atoms with Crippen molar-refractivity contribution in [3.8, 4) is 0 Å². The number of allylic oxidation sites excluding steroid dienone is 3. The standard InChI is InChI=1S/C41H60N2O3/c1-25(2)29-16-21-41(42-24-34(44)43-26(3)4)23-22-39(8)31(35(29)41)14-15-33-38(7)19-17-30(27-10-12-28(13-11-27)36(45)46)37(5,6)32(38)18-20-40(33,39)9/h10-13,17,26,29,31-33,35,42H,1,14-16,18-24H2,2-9H3,(H,43,44)(H,45,46)/t29-,31+,32-,33+,35+,38-,39+,40+,41-/m0/s1. The van der Waals surface area contributed by atoms with Gasteiger partial charge in [-0.05, 0) is 153 Å². The Bertz CT molecular complexity index is 1430. The maximum atomic E-state index is 12.8. The van der Waals surface area contributed by atoms with Gasteiger partial charge in [-0.1, -0.05) is 65.0 Å². The van der Waals surface area contributed by atoms with E-state index >= 15 is 0 Å². The van der Waals surface area contributed by atoms with Gasteiger partial charge in [0.05, 0.1) is 12.1 Å². The third-order valence-electron chi connectivity index (χ3n) is 15.1. The van der Waals surface area contributed by atoms with Crippen LogP contribution in [0.1, 0.15) is 129 Å². The summed E-state index contributed by atoms with van der Waals surface area (Å²) < 4.78 is 0. The molecule has 0 aromatic heterocycles. The van der Waals surface area contributed by atoms with Gasteiger partial charge in [-0.15, -0.1) is 0 Å². The van der Waals surface area contributed by atoms with Crippen LogP contribution >= 0.6 is 0 Å². The zero-order valence-electron chi connectivity index (χ0n) is 29.9. The maximum absolute atomic E-state index is 12.8. The van der Waals surface area contributed by atoms with E-state index in [0.29, 0.717) is 41.7 Å². The number of hydrogen-bond acceptors (Lipinski definition) is 3. The first kappa shape index (κ1) is 33.5. The molecule has 5 nitrogen and oxygen atoms in total. The van der Waals surface area contributed by atoms with Gasteiger partial charge in [0, 0.05) is 11.6 Å². The number of nitrogens with one attached hydrogen (secondary N) is 2. The van der Waals surface area contributed by atoms with E-state index < -0.39 is 5.97 Å². The second-order valence-electron chi connectivity index (χ2n) is 17.8. The Kier molecular flexibility index (Phi) is 8.26. The Hall–Kier alpha value is -2.40. The van der Waals surface area contributed by atoms with Crippen LogP contribution in [0.3, 0.4) is 0 Å². The summed E-state index contributed by atoms with van der Waals surface area (Å²) in [6.45, 7) is 24.2. The fourth-order valence-electron chi connectivity index (χ4n) is 13.0. The van der Waals surface area contributed by atoms with Crippen molar-refractivity contribution in [2.75, 3.05) is 6.54 Å². The summed E-state index contributed by atoms with van der Waals surface area (Å²) in [5.74, 6) is 2.16. The SMILES string of the molecule is C=C(C)[C@@H]1CC[C@]2(NCC(=O)NC(C)C)CC[C@]3(C)[C@H](CC[C@@H]4[C@@]5(C)CC=C(c6ccc(C(=O)O)cc6)C(C)(C)[C@@H]5CC[C@]43C)[C@@H]12. The number of aromatic carboxylic acids is 1. The fraction of sp³-hybridized carbons (Fsp3) is 0.707. The van der Waals surface area contributed by atoms with E-state index in [9.17, 15) is 14.7 Å². The van der Waals surface area contributed by atoms with Crippen molar-refractivity contribution in [2.45, 2.75) is 125 Å². The number of carbonyl (C=O) groups excluding carboxylic acids is 1. The Morgan fingerprint density at radius 3 is 2.24 bits per heavy atom. The molecular weight excluding hydrogens is 568 g/mol. The highest BCUT2D eigenvalue weighted by Crippen LogP contribution is 2.76. The molecule has 1 aromatic rings. The highest BCUT2D eigenvalue weighted by Gasteiger charge is 2.70. The Morgan fingerprint density at radius 2 is 1.61 bits per heavy atom. The summed E-state index contributed by atoms with van der Waals surface area (Å²) in [6.07, 6.45) is 13.4. The molecule has 252 valence electrons. The van der Waals surface area contributed by atoms with Gasteiger partial charge in [0.1, 0.15) is 0 Å². The van der Waals surface area contributed by atoms with E-state index in [4.69, 9.17) is 0 Å². The van der Waals surface area contributed by atoms with E-state index in [0.717, 1.165) is 19.3 Å². The minimum absolute atomic E-state index is 0.00945. The highest BCUT2D eigenvalue weighted by molar-refractivity contribution is 5.88. The number of carbonyl (C=O) groups is 2. The van der Waals surface area contributed by atoms with Crippen LogP contribution in [0.5, 0.6) is 0 Å². The van der Waals surface area contributed by atoms with Gasteiger partial charge in [0.15, 0.2) is 0 Å². The van der Waals surface area contributed by atoms with Crippen molar-refractivity contribution in [1.29, 1.82) is 0 Å². The zero-order valence-corrected chi connectivity index (χ0v) is 29.9. The molecule has 4 saturated carbocycles. The molecule has 6 rings (SSSR count). The Balaban J connectivity index is 1.31. The van der Waals surface area contributed by atoms with E-state index in [1.165, 1.54) is 55.2 Å². The van der Waals surface area contributed by atoms with Gasteiger partial charge in [0.2, 0.25) is 5.91 Å². The predicted octanol–water partition coefficient (Wildman–Crippen LogP) is 8.90. The largest absolute Gasteiger partial charge is 0.478 e. The lowest BCUT2D eigenvalue weighted by Gasteiger charge is -2.72. The molecule has 0 radical (unpaired) electrons. The molecule has 0 unspecified atom stereocenters. The minimum Gasteiger partial charge on any atom is -0.478 e. The molecule has 5 aliphatic carbocycles. The van der Waals surface area contributed by atoms with Crippen LogP contribution in [0.15, 0.2) is 42.5 Å². The van der Waals surface area contributed by atoms with Gasteiger partial charge < -0.3 is 15.7 Å². The van der Waals surface area contributed by atoms with Crippen LogP contribution in [0, 0.1) is 51.2 Å². The van der Waals surface area contributed by atoms with Crippen LogP contribution in [0.2, 0.25) is 0 Å². The topological polar surface area (TPSA) is 78.4 Å². The van der Waals surface area contributed by atoms with E-state index in [1.807, 2.05) is 26.0 Å². The molecule has 9 atom stereocenters. The van der Waals surface area contributed by atoms with Gasteiger partial charge in [-0.25, -0.2) is 4.79 Å². The predicted molar refractivity (Wildman–Crippen MR) is 187 cm³/mol. The van der Waals surface area contributed by atoms with Gasteiger partial charge in [0.25, 0.3) is 0 Å². The van der Waals surface area contributed by atoms with Gasteiger partial charge in [-0.2, -0.15) is 0 Å². The van der Waals surface area contributed by atoms with Crippen LogP contribution in [-0.4, -0.2) is 35.1 Å². The molecule has 0 spiro atoms. The summed E-state index contributed by atoms with van der Waals surface area (Å²) >= 11 is 0. The van der Waals surface area contributed by atoms with Crippen molar-refractivity contribution in [3.63, 3.8) is 0 Å². The molecule has 46 heavy (non-hydrogen) atoms. The lowest BCUT2D eigenvalue weighted by Crippen LogP contribution is -2.68. The Morgan fingerprint density at radius 1 is 0.913 bits per heavy atom. The Labute approximate surface area is 278 Å². The third kappa shape index (κ3) is 4.88. The zero-order chi connectivity index (χ0) is 33.4. The van der Waals surface area contributed by atoms with E-state index in [-0.39, 0.29) is 39.1 Å². The summed E-state index contributed by atoms with van der Waals surface area (Å²) in [7, 11) is 0. The number of carboxylic acid groups (broad SMARTS) is 1. The number of benzene rings is 1. The molecule has 0 aliphatic heterocycles. The molecular formula is C41H60N2O3. The normalized spacial score (nSPS) is 41.0. The first-order chi connectivity index (χ1) is 21.5. The van der Waals surface area contributed by atoms with Crippen LogP contribution < -0.4 is 10.6 Å². The van der Waals surface area contributed by atoms with E-state index in [1.54, 1.807) is 12.1 Å². The molecule has 5 aliphatic rings. The maximum Gasteiger partial charge on any atom is 0.335 e. The quantitative estimate of drug-likeness (QED) is 0.264. The third-order valence-corrected chi connectivity index (χ3v) is 15.1. The average molecular weight is 629 g/mol. The highest BCUT2D eigenvalue weighted by atomic mass is 16.4. The first-order valence-corrected chi connectivity index (χ1v) is 18.2. The molecule has 5 heteroatoms. The average Bonchev–Trinajstić information content (AvgIpc) is 3.36. The van der Waals surface area contributed by atoms with Crippen molar-refractivity contribution in [3.05, 3.63) is 53.6 Å². The molecule has 0 heterocycles. The summed E-state index contributed by atoms with van der Waals surface area (Å²) in [5, 5.41) is 16.5. The number of rotatable bonds is 7. The van der Waals surface area contributed by atoms with Gasteiger partial charge >= 0.3 is 5.97 Å². The molecule has 1 aromatic carbocycles. The van der Waals surface area contributed by atoms with Crippen LogP contribution in [-0.2, 0) is 4.79 Å². The molecule has 4 fully saturated rings. The molecule has 0 saturated heterocycles. The number of amides is 1. The summed E-state index contributed by atoms with van der Waals surface area (Å²) in [6, 6.07) is 7.72. The monoisotopic (exact) mass is 628 g/mol. The minimum atomic E-state index is -0.869. The van der Waals surface area contributed by atoms with Crippen molar-refractivity contribution in [2.24, 2.45) is 51.2 Å². The lowest BCUT2D eigenvalue weighted by molar-refractivity contribution is -0.219.